The molecule has 0 atom stereocenters. The predicted molar refractivity (Wildman–Crippen MR) is 61.2 cm³/mol. The monoisotopic (exact) mass is 194 g/mol. The average Bonchev–Trinajstić information content (AvgIpc) is 2.26. The Bertz CT molecular complexity index is 187. The number of hydrogen-bond acceptors (Lipinski definition) is 2. The largest absolute Gasteiger partial charge is 0.317 e. The van der Waals surface area contributed by atoms with Gasteiger partial charge in [0.15, 0.2) is 0 Å². The highest BCUT2D eigenvalue weighted by Crippen LogP contribution is 2.22. The summed E-state index contributed by atoms with van der Waals surface area (Å²) in [6.45, 7) is 1.05. The molecule has 1 saturated carbocycles. The Labute approximate surface area is 88.1 Å². The molecule has 1 N–H and O–H groups in total. The summed E-state index contributed by atoms with van der Waals surface area (Å²) in [5.74, 6) is 2.70. The molecule has 0 aromatic heterocycles. The minimum Gasteiger partial charge on any atom is -0.317 e. The highest BCUT2D eigenvalue weighted by atomic mass is 15.1. The zero-order valence-corrected chi connectivity index (χ0v) is 9.42. The summed E-state index contributed by atoms with van der Waals surface area (Å²) in [6.07, 6.45) is 11.4. The molecular weight excluding hydrogens is 172 g/mol. The first-order valence-electron chi connectivity index (χ1n) is 5.59. The van der Waals surface area contributed by atoms with E-state index in [0.717, 1.165) is 25.0 Å². The molecule has 0 saturated heterocycles. The first-order chi connectivity index (χ1) is 6.77. The van der Waals surface area contributed by atoms with E-state index >= 15 is 0 Å². The molecule has 0 aliphatic heterocycles. The van der Waals surface area contributed by atoms with Crippen molar-refractivity contribution in [3.8, 4) is 12.3 Å². The van der Waals surface area contributed by atoms with Crippen molar-refractivity contribution < 1.29 is 0 Å². The van der Waals surface area contributed by atoms with Crippen LogP contribution in [-0.2, 0) is 0 Å². The minimum absolute atomic E-state index is 0.743. The van der Waals surface area contributed by atoms with Gasteiger partial charge >= 0.3 is 0 Å². The van der Waals surface area contributed by atoms with Crippen LogP contribution in [0, 0.1) is 12.3 Å². The minimum atomic E-state index is 0.743. The fourth-order valence-electron chi connectivity index (χ4n) is 2.23. The number of nitrogens with zero attached hydrogens (tertiary/aromatic N) is 1. The summed E-state index contributed by atoms with van der Waals surface area (Å²) in [5.41, 5.74) is 0. The van der Waals surface area contributed by atoms with Gasteiger partial charge in [-0.1, -0.05) is 0 Å². The summed E-state index contributed by atoms with van der Waals surface area (Å²) in [6, 6.07) is 1.50. The maximum atomic E-state index is 5.26. The van der Waals surface area contributed by atoms with Gasteiger partial charge in [-0.3, -0.25) is 0 Å². The Morgan fingerprint density at radius 3 is 2.50 bits per heavy atom. The standard InChI is InChI=1S/C12H22N2/c1-4-5-10-14(3)12-8-6-11(13-2)7-9-12/h1,11-13H,5-10H2,2-3H3. The smallest absolute Gasteiger partial charge is 0.0214 e. The van der Waals surface area contributed by atoms with Crippen molar-refractivity contribution in [2.75, 3.05) is 20.6 Å². The van der Waals surface area contributed by atoms with E-state index in [0.29, 0.717) is 0 Å². The number of rotatable bonds is 4. The van der Waals surface area contributed by atoms with Crippen LogP contribution >= 0.6 is 0 Å². The maximum Gasteiger partial charge on any atom is 0.0214 e. The average molecular weight is 194 g/mol. The Morgan fingerprint density at radius 2 is 2.00 bits per heavy atom. The normalized spacial score (nSPS) is 27.6. The van der Waals surface area contributed by atoms with Gasteiger partial charge in [0, 0.05) is 25.0 Å². The number of nitrogens with one attached hydrogen (secondary N) is 1. The summed E-state index contributed by atoms with van der Waals surface area (Å²) in [4.78, 5) is 2.42. The molecule has 14 heavy (non-hydrogen) atoms. The third kappa shape index (κ3) is 3.32. The fraction of sp³-hybridized carbons (Fsp3) is 0.833. The molecule has 0 amide bonds. The Kier molecular flexibility index (Phi) is 5.00. The van der Waals surface area contributed by atoms with E-state index in [4.69, 9.17) is 6.42 Å². The van der Waals surface area contributed by atoms with Crippen molar-refractivity contribution in [1.29, 1.82) is 0 Å². The lowest BCUT2D eigenvalue weighted by Gasteiger charge is -2.34. The van der Waals surface area contributed by atoms with Crippen LogP contribution in [0.4, 0.5) is 0 Å². The van der Waals surface area contributed by atoms with Gasteiger partial charge in [0.2, 0.25) is 0 Å². The molecule has 0 aromatic carbocycles. The van der Waals surface area contributed by atoms with E-state index in [9.17, 15) is 0 Å². The second-order valence-electron chi connectivity index (χ2n) is 4.23. The molecule has 0 bridgehead atoms. The zero-order valence-electron chi connectivity index (χ0n) is 9.42. The van der Waals surface area contributed by atoms with E-state index in [-0.39, 0.29) is 0 Å². The SMILES string of the molecule is C#CCCN(C)C1CCC(NC)CC1. The van der Waals surface area contributed by atoms with Crippen molar-refractivity contribution in [3.05, 3.63) is 0 Å². The third-order valence-corrected chi connectivity index (χ3v) is 3.34. The molecule has 1 fully saturated rings. The van der Waals surface area contributed by atoms with E-state index in [1.54, 1.807) is 0 Å². The van der Waals surface area contributed by atoms with Gasteiger partial charge in [-0.2, -0.15) is 0 Å². The van der Waals surface area contributed by atoms with Crippen LogP contribution in [-0.4, -0.2) is 37.6 Å². The van der Waals surface area contributed by atoms with Gasteiger partial charge in [-0.25, -0.2) is 0 Å². The topological polar surface area (TPSA) is 15.3 Å². The summed E-state index contributed by atoms with van der Waals surface area (Å²) in [7, 11) is 4.26. The third-order valence-electron chi connectivity index (χ3n) is 3.34. The van der Waals surface area contributed by atoms with E-state index in [1.807, 2.05) is 0 Å². The van der Waals surface area contributed by atoms with Crippen molar-refractivity contribution in [3.63, 3.8) is 0 Å². The lowest BCUT2D eigenvalue weighted by atomic mass is 9.90. The Hall–Kier alpha value is -0.520. The summed E-state index contributed by atoms with van der Waals surface area (Å²) >= 11 is 0. The van der Waals surface area contributed by atoms with Crippen LogP contribution in [0.3, 0.4) is 0 Å². The van der Waals surface area contributed by atoms with Crippen molar-refractivity contribution in [1.82, 2.24) is 10.2 Å². The number of terminal acetylenes is 1. The summed E-state index contributed by atoms with van der Waals surface area (Å²) < 4.78 is 0. The molecule has 0 aromatic rings. The first-order valence-corrected chi connectivity index (χ1v) is 5.59. The maximum absolute atomic E-state index is 5.26. The van der Waals surface area contributed by atoms with Gasteiger partial charge in [0.05, 0.1) is 0 Å². The lowest BCUT2D eigenvalue weighted by Crippen LogP contribution is -2.40. The zero-order chi connectivity index (χ0) is 10.4. The van der Waals surface area contributed by atoms with Crippen LogP contribution in [0.15, 0.2) is 0 Å². The van der Waals surface area contributed by atoms with E-state index < -0.39 is 0 Å². The van der Waals surface area contributed by atoms with Crippen LogP contribution in [0.25, 0.3) is 0 Å². The molecule has 0 spiro atoms. The lowest BCUT2D eigenvalue weighted by molar-refractivity contribution is 0.180. The molecule has 80 valence electrons. The molecule has 0 radical (unpaired) electrons. The van der Waals surface area contributed by atoms with Crippen molar-refractivity contribution in [2.45, 2.75) is 44.2 Å². The van der Waals surface area contributed by atoms with Gasteiger partial charge in [-0.05, 0) is 39.8 Å². The van der Waals surface area contributed by atoms with Crippen LogP contribution < -0.4 is 5.32 Å². The fourth-order valence-corrected chi connectivity index (χ4v) is 2.23. The Morgan fingerprint density at radius 1 is 1.36 bits per heavy atom. The van der Waals surface area contributed by atoms with Crippen LogP contribution in [0.1, 0.15) is 32.1 Å². The van der Waals surface area contributed by atoms with Crippen LogP contribution in [0.2, 0.25) is 0 Å². The molecule has 0 unspecified atom stereocenters. The molecule has 2 heteroatoms. The second kappa shape index (κ2) is 6.06. The second-order valence-corrected chi connectivity index (χ2v) is 4.23. The van der Waals surface area contributed by atoms with Crippen molar-refractivity contribution in [2.24, 2.45) is 0 Å². The Balaban J connectivity index is 2.23. The van der Waals surface area contributed by atoms with E-state index in [1.165, 1.54) is 25.7 Å². The van der Waals surface area contributed by atoms with Gasteiger partial charge in [0.25, 0.3) is 0 Å². The number of hydrogen-bond donors (Lipinski definition) is 1. The molecule has 0 heterocycles. The van der Waals surface area contributed by atoms with Gasteiger partial charge < -0.3 is 10.2 Å². The van der Waals surface area contributed by atoms with Gasteiger partial charge in [-0.15, -0.1) is 12.3 Å². The predicted octanol–water partition coefficient (Wildman–Crippen LogP) is 1.47. The highest BCUT2D eigenvalue weighted by Gasteiger charge is 2.22. The molecular formula is C12H22N2. The highest BCUT2D eigenvalue weighted by molar-refractivity contribution is 4.87. The molecule has 1 aliphatic carbocycles. The van der Waals surface area contributed by atoms with E-state index in [2.05, 4.69) is 30.2 Å². The van der Waals surface area contributed by atoms with Crippen molar-refractivity contribution >= 4 is 0 Å². The van der Waals surface area contributed by atoms with Crippen LogP contribution in [0.5, 0.6) is 0 Å². The molecule has 1 aliphatic rings. The van der Waals surface area contributed by atoms with Gasteiger partial charge in [0.1, 0.15) is 0 Å². The first kappa shape index (κ1) is 11.6. The quantitative estimate of drug-likeness (QED) is 0.682. The molecule has 1 rings (SSSR count). The molecule has 2 nitrogen and oxygen atoms in total. The summed E-state index contributed by atoms with van der Waals surface area (Å²) in [5, 5.41) is 3.36.